The highest BCUT2D eigenvalue weighted by atomic mass is 32.1. The van der Waals surface area contributed by atoms with Crippen LogP contribution in [0.2, 0.25) is 0 Å². The van der Waals surface area contributed by atoms with Gasteiger partial charge < -0.3 is 4.57 Å². The van der Waals surface area contributed by atoms with Crippen LogP contribution < -0.4 is 0 Å². The van der Waals surface area contributed by atoms with E-state index in [0.29, 0.717) is 0 Å². The Hall–Kier alpha value is -5.26. The minimum atomic E-state index is 0.992. The van der Waals surface area contributed by atoms with Crippen LogP contribution in [0.1, 0.15) is 0 Å². The molecule has 0 atom stereocenters. The zero-order valence-electron chi connectivity index (χ0n) is 21.9. The third kappa shape index (κ3) is 3.27. The molecule has 192 valence electrons. The molecule has 4 aromatic carbocycles. The third-order valence-electron chi connectivity index (χ3n) is 8.02. The Morgan fingerprint density at radius 3 is 1.78 bits per heavy atom. The number of hydrogen-bond donors (Lipinski definition) is 0. The first-order valence-corrected chi connectivity index (χ1v) is 14.5. The molecule has 4 nitrogen and oxygen atoms in total. The van der Waals surface area contributed by atoms with E-state index in [9.17, 15) is 0 Å². The number of benzene rings is 4. The molecular weight excluding hydrogens is 520 g/mol. The lowest BCUT2D eigenvalue weighted by Gasteiger charge is -2.12. The maximum atomic E-state index is 4.79. The molecule has 9 aromatic rings. The highest BCUT2D eigenvalue weighted by Gasteiger charge is 2.19. The van der Waals surface area contributed by atoms with Gasteiger partial charge >= 0.3 is 0 Å². The lowest BCUT2D eigenvalue weighted by Crippen LogP contribution is -1.95. The van der Waals surface area contributed by atoms with Gasteiger partial charge in [0.25, 0.3) is 0 Å². The fourth-order valence-electron chi connectivity index (χ4n) is 6.27. The van der Waals surface area contributed by atoms with E-state index in [0.717, 1.165) is 33.3 Å². The van der Waals surface area contributed by atoms with Crippen LogP contribution in [0, 0.1) is 0 Å². The van der Waals surface area contributed by atoms with E-state index in [1.54, 1.807) is 11.3 Å². The molecule has 0 spiro atoms. The summed E-state index contributed by atoms with van der Waals surface area (Å²) in [5.74, 6) is 0. The number of hydrogen-bond acceptors (Lipinski definition) is 3. The van der Waals surface area contributed by atoms with Crippen LogP contribution >= 0.6 is 11.3 Å². The maximum Gasteiger partial charge on any atom is 0.113 e. The molecule has 0 unspecified atom stereocenters. The minimum Gasteiger partial charge on any atom is -0.309 e. The highest BCUT2D eigenvalue weighted by Crippen LogP contribution is 2.41. The second kappa shape index (κ2) is 8.62. The number of thiophene rings is 1. The van der Waals surface area contributed by atoms with E-state index in [1.807, 2.05) is 24.5 Å². The van der Waals surface area contributed by atoms with Crippen molar-refractivity contribution in [2.45, 2.75) is 0 Å². The van der Waals surface area contributed by atoms with Gasteiger partial charge in [0, 0.05) is 34.5 Å². The number of nitrogens with zero attached hydrogens (tertiary/aromatic N) is 4. The number of aromatic nitrogens is 4. The topological polar surface area (TPSA) is 35.6 Å². The molecule has 0 bridgehead atoms. The van der Waals surface area contributed by atoms with Gasteiger partial charge in [0.15, 0.2) is 0 Å². The van der Waals surface area contributed by atoms with E-state index in [-0.39, 0.29) is 0 Å². The quantitative estimate of drug-likeness (QED) is 0.223. The average molecular weight is 543 g/mol. The second-order valence-electron chi connectivity index (χ2n) is 10.3. The van der Waals surface area contributed by atoms with E-state index < -0.39 is 0 Å². The van der Waals surface area contributed by atoms with Crippen LogP contribution in [-0.2, 0) is 0 Å². The molecule has 0 radical (unpaired) electrons. The average Bonchev–Trinajstić information content (AvgIpc) is 3.68. The van der Waals surface area contributed by atoms with Gasteiger partial charge in [-0.05, 0) is 71.8 Å². The van der Waals surface area contributed by atoms with Crippen molar-refractivity contribution in [2.24, 2.45) is 0 Å². The van der Waals surface area contributed by atoms with Crippen molar-refractivity contribution in [1.29, 1.82) is 0 Å². The summed E-state index contributed by atoms with van der Waals surface area (Å²) in [6.07, 6.45) is 3.74. The van der Waals surface area contributed by atoms with Crippen LogP contribution in [0.4, 0.5) is 0 Å². The number of fused-ring (bicyclic) bond motifs is 8. The van der Waals surface area contributed by atoms with E-state index in [2.05, 4.69) is 118 Å². The summed E-state index contributed by atoms with van der Waals surface area (Å²) in [6.45, 7) is 0. The smallest absolute Gasteiger partial charge is 0.113 e. The summed E-state index contributed by atoms with van der Waals surface area (Å²) in [7, 11) is 0. The molecule has 0 saturated heterocycles. The fourth-order valence-corrected chi connectivity index (χ4v) is 7.47. The van der Waals surface area contributed by atoms with Crippen molar-refractivity contribution in [1.82, 2.24) is 19.1 Å². The number of para-hydroxylation sites is 2. The van der Waals surface area contributed by atoms with Gasteiger partial charge in [-0.1, -0.05) is 60.7 Å². The first-order valence-electron chi connectivity index (χ1n) is 13.7. The van der Waals surface area contributed by atoms with Crippen molar-refractivity contribution in [3.8, 4) is 22.5 Å². The molecule has 0 aliphatic rings. The van der Waals surface area contributed by atoms with Crippen LogP contribution in [0.25, 0.3) is 75.8 Å². The van der Waals surface area contributed by atoms with Crippen LogP contribution in [0.15, 0.2) is 134 Å². The number of pyridine rings is 2. The summed E-state index contributed by atoms with van der Waals surface area (Å²) < 4.78 is 5.88. The van der Waals surface area contributed by atoms with Gasteiger partial charge in [0.2, 0.25) is 0 Å². The molecule has 9 rings (SSSR count). The predicted molar refractivity (Wildman–Crippen MR) is 172 cm³/mol. The Morgan fingerprint density at radius 2 is 1.07 bits per heavy atom. The minimum absolute atomic E-state index is 0.992. The Balaban J connectivity index is 1.24. The fraction of sp³-hybridized carbons (Fsp3) is 0. The molecule has 0 aliphatic heterocycles. The molecule has 5 aromatic heterocycles. The monoisotopic (exact) mass is 542 g/mol. The first-order chi connectivity index (χ1) is 20.3. The molecule has 41 heavy (non-hydrogen) atoms. The van der Waals surface area contributed by atoms with Crippen LogP contribution in [0.5, 0.6) is 0 Å². The number of rotatable bonds is 3. The van der Waals surface area contributed by atoms with E-state index in [1.165, 1.54) is 42.5 Å². The van der Waals surface area contributed by atoms with E-state index in [4.69, 9.17) is 9.97 Å². The molecule has 0 amide bonds. The van der Waals surface area contributed by atoms with Crippen LogP contribution in [0.3, 0.4) is 0 Å². The Kier molecular flexibility index (Phi) is 4.74. The Bertz CT molecular complexity index is 2390. The molecule has 0 fully saturated rings. The summed E-state index contributed by atoms with van der Waals surface area (Å²) in [5.41, 5.74) is 10.1. The normalized spacial score (nSPS) is 11.9. The summed E-state index contributed by atoms with van der Waals surface area (Å²) in [6, 6.07) is 43.3. The van der Waals surface area contributed by atoms with Crippen molar-refractivity contribution >= 4 is 64.6 Å². The van der Waals surface area contributed by atoms with Gasteiger partial charge in [-0.3, -0.25) is 14.5 Å². The predicted octanol–water partition coefficient (Wildman–Crippen LogP) is 9.55. The van der Waals surface area contributed by atoms with Crippen molar-refractivity contribution < 1.29 is 0 Å². The van der Waals surface area contributed by atoms with Gasteiger partial charge in [0.05, 0.1) is 37.7 Å². The van der Waals surface area contributed by atoms with Gasteiger partial charge in [-0.15, -0.1) is 11.3 Å². The van der Waals surface area contributed by atoms with Crippen LogP contribution in [-0.4, -0.2) is 19.1 Å². The first kappa shape index (κ1) is 22.5. The lowest BCUT2D eigenvalue weighted by atomic mass is 10.0. The summed E-state index contributed by atoms with van der Waals surface area (Å²) in [5, 5.41) is 3.66. The molecular formula is C36H22N4S. The molecule has 0 N–H and O–H groups in total. The van der Waals surface area contributed by atoms with Gasteiger partial charge in [-0.25, -0.2) is 0 Å². The summed E-state index contributed by atoms with van der Waals surface area (Å²) >= 11 is 1.77. The molecule has 5 heteroatoms. The van der Waals surface area contributed by atoms with Crippen molar-refractivity contribution in [3.63, 3.8) is 0 Å². The van der Waals surface area contributed by atoms with Crippen molar-refractivity contribution in [2.75, 3.05) is 0 Å². The zero-order chi connectivity index (χ0) is 26.9. The zero-order valence-corrected chi connectivity index (χ0v) is 22.7. The van der Waals surface area contributed by atoms with Gasteiger partial charge in [0.1, 0.15) is 4.83 Å². The maximum absolute atomic E-state index is 4.79. The summed E-state index contributed by atoms with van der Waals surface area (Å²) in [4.78, 5) is 10.7. The Morgan fingerprint density at radius 1 is 0.488 bits per heavy atom. The van der Waals surface area contributed by atoms with Crippen molar-refractivity contribution in [3.05, 3.63) is 134 Å². The molecule has 0 aliphatic carbocycles. The Labute approximate surface area is 239 Å². The lowest BCUT2D eigenvalue weighted by molar-refractivity contribution is 1.18. The SMILES string of the molecule is c1cc(-c2cccc(-n3c4cccnc4c4c5ncccc5sc43)c2)cc(-n2c3ccccc3c3ccccc32)c1. The molecule has 0 saturated carbocycles. The molecule has 5 heterocycles. The highest BCUT2D eigenvalue weighted by molar-refractivity contribution is 7.25. The third-order valence-corrected chi connectivity index (χ3v) is 9.15. The largest absolute Gasteiger partial charge is 0.309 e. The standard InChI is InChI=1S/C36H22N4S/c1-3-15-29-27(13-1)28-14-2-4-16-30(28)39(29)25-11-5-9-23(21-25)24-10-6-12-26(22-24)40-31-17-7-19-37-34(31)33-35-32(41-36(33)40)18-8-20-38-35/h1-22H. The second-order valence-corrected chi connectivity index (χ2v) is 11.3. The van der Waals surface area contributed by atoms with Gasteiger partial charge in [-0.2, -0.15) is 0 Å². The van der Waals surface area contributed by atoms with E-state index >= 15 is 0 Å².